The van der Waals surface area contributed by atoms with Crippen molar-refractivity contribution in [2.75, 3.05) is 7.11 Å². The molecule has 5 nitrogen and oxygen atoms in total. The van der Waals surface area contributed by atoms with Gasteiger partial charge in [-0.25, -0.2) is 4.79 Å². The minimum Gasteiger partial charge on any atom is -0.497 e. The average molecular weight is 219 g/mol. The third kappa shape index (κ3) is 1.63. The molecule has 82 valence electrons. The number of carboxylic acid groups (broad SMARTS) is 1. The van der Waals surface area contributed by atoms with Crippen molar-refractivity contribution < 1.29 is 19.4 Å². The number of benzene rings is 1. The largest absolute Gasteiger partial charge is 0.497 e. The van der Waals surface area contributed by atoms with Gasteiger partial charge in [-0.05, 0) is 24.3 Å². The fourth-order valence-corrected chi connectivity index (χ4v) is 1.48. The molecular weight excluding hydrogens is 210 g/mol. The first-order valence-corrected chi connectivity index (χ1v) is 4.56. The van der Waals surface area contributed by atoms with Crippen LogP contribution in [0.15, 0.2) is 24.3 Å². The standard InChI is InChI=1S/C11H9NO4/c1-16-7-2-3-8-6(4-7)5-9(12-8)10(13)11(14)15/h2-5,12H,1H3,(H,14,15). The van der Waals surface area contributed by atoms with Crippen LogP contribution in [-0.2, 0) is 4.79 Å². The van der Waals surface area contributed by atoms with Gasteiger partial charge < -0.3 is 14.8 Å². The first-order valence-electron chi connectivity index (χ1n) is 4.56. The van der Waals surface area contributed by atoms with Crippen molar-refractivity contribution in [3.8, 4) is 5.75 Å². The van der Waals surface area contributed by atoms with Gasteiger partial charge in [0.2, 0.25) is 0 Å². The van der Waals surface area contributed by atoms with Gasteiger partial charge in [0, 0.05) is 10.9 Å². The van der Waals surface area contributed by atoms with E-state index in [0.717, 1.165) is 5.39 Å². The summed E-state index contributed by atoms with van der Waals surface area (Å²) in [5.41, 5.74) is 0.765. The van der Waals surface area contributed by atoms with Crippen LogP contribution in [0.5, 0.6) is 5.75 Å². The number of hydrogen-bond donors (Lipinski definition) is 2. The maximum absolute atomic E-state index is 11.2. The van der Waals surface area contributed by atoms with Crippen molar-refractivity contribution in [3.05, 3.63) is 30.0 Å². The van der Waals surface area contributed by atoms with E-state index in [1.54, 1.807) is 18.2 Å². The number of fused-ring (bicyclic) bond motifs is 1. The molecule has 0 aliphatic carbocycles. The first-order chi connectivity index (χ1) is 7.61. The highest BCUT2D eigenvalue weighted by molar-refractivity contribution is 6.39. The molecular formula is C11H9NO4. The lowest BCUT2D eigenvalue weighted by molar-refractivity contribution is -0.131. The van der Waals surface area contributed by atoms with Gasteiger partial charge in [-0.2, -0.15) is 0 Å². The Balaban J connectivity index is 2.51. The Labute approximate surface area is 90.6 Å². The number of aliphatic carboxylic acids is 1. The molecule has 0 aliphatic heterocycles. The van der Waals surface area contributed by atoms with Gasteiger partial charge in [-0.15, -0.1) is 0 Å². The Hall–Kier alpha value is -2.30. The Morgan fingerprint density at radius 2 is 2.06 bits per heavy atom. The lowest BCUT2D eigenvalue weighted by Crippen LogP contribution is -2.12. The molecule has 0 bridgehead atoms. The van der Waals surface area contributed by atoms with Crippen LogP contribution >= 0.6 is 0 Å². The molecule has 2 rings (SSSR count). The highest BCUT2D eigenvalue weighted by atomic mass is 16.5. The van der Waals surface area contributed by atoms with Crippen LogP contribution in [-0.4, -0.2) is 29.0 Å². The Morgan fingerprint density at radius 3 is 2.69 bits per heavy atom. The van der Waals surface area contributed by atoms with Gasteiger partial charge in [0.05, 0.1) is 12.8 Å². The maximum atomic E-state index is 11.2. The number of H-pyrrole nitrogens is 1. The van der Waals surface area contributed by atoms with Crippen LogP contribution in [0.3, 0.4) is 0 Å². The molecule has 16 heavy (non-hydrogen) atoms. The highest BCUT2D eigenvalue weighted by Gasteiger charge is 2.16. The summed E-state index contributed by atoms with van der Waals surface area (Å²) in [5.74, 6) is -1.77. The zero-order valence-electron chi connectivity index (χ0n) is 8.48. The molecule has 1 aromatic heterocycles. The average Bonchev–Trinajstić information content (AvgIpc) is 2.69. The summed E-state index contributed by atoms with van der Waals surface area (Å²) in [6, 6.07) is 6.68. The number of nitrogens with one attached hydrogen (secondary N) is 1. The van der Waals surface area contributed by atoms with E-state index in [1.165, 1.54) is 13.2 Å². The van der Waals surface area contributed by atoms with Crippen LogP contribution in [0.25, 0.3) is 10.9 Å². The van der Waals surface area contributed by atoms with Gasteiger partial charge in [-0.1, -0.05) is 0 Å². The molecule has 1 heterocycles. The Morgan fingerprint density at radius 1 is 1.31 bits per heavy atom. The number of ketones is 1. The third-order valence-electron chi connectivity index (χ3n) is 2.27. The normalized spacial score (nSPS) is 10.3. The predicted molar refractivity (Wildman–Crippen MR) is 56.8 cm³/mol. The van der Waals surface area contributed by atoms with E-state index in [9.17, 15) is 9.59 Å². The number of carbonyl (C=O) groups is 2. The SMILES string of the molecule is COc1ccc2[nH]c(C(=O)C(=O)O)cc2c1. The number of Topliss-reactive ketones (excluding diaryl/α,β-unsaturated/α-hetero) is 1. The fourth-order valence-electron chi connectivity index (χ4n) is 1.48. The van der Waals surface area contributed by atoms with Crippen molar-refractivity contribution in [1.82, 2.24) is 4.98 Å². The third-order valence-corrected chi connectivity index (χ3v) is 2.27. The maximum Gasteiger partial charge on any atom is 0.378 e. The minimum absolute atomic E-state index is 0.0655. The molecule has 0 spiro atoms. The van der Waals surface area contributed by atoms with E-state index in [2.05, 4.69) is 4.98 Å². The van der Waals surface area contributed by atoms with Gasteiger partial charge in [-0.3, -0.25) is 4.79 Å². The zero-order chi connectivity index (χ0) is 11.7. The number of rotatable bonds is 3. The van der Waals surface area contributed by atoms with Crippen molar-refractivity contribution in [3.63, 3.8) is 0 Å². The molecule has 2 N–H and O–H groups in total. The molecule has 0 radical (unpaired) electrons. The summed E-state index contributed by atoms with van der Waals surface area (Å²) < 4.78 is 5.02. The lowest BCUT2D eigenvalue weighted by atomic mass is 10.2. The van der Waals surface area contributed by atoms with Crippen LogP contribution < -0.4 is 4.74 Å². The molecule has 0 saturated heterocycles. The molecule has 0 aliphatic rings. The second-order valence-electron chi connectivity index (χ2n) is 3.27. The van der Waals surface area contributed by atoms with Crippen LogP contribution in [0.2, 0.25) is 0 Å². The number of aromatic nitrogens is 1. The number of aromatic amines is 1. The number of hydrogen-bond acceptors (Lipinski definition) is 3. The fraction of sp³-hybridized carbons (Fsp3) is 0.0909. The van der Waals surface area contributed by atoms with E-state index in [-0.39, 0.29) is 5.69 Å². The monoisotopic (exact) mass is 219 g/mol. The molecule has 0 atom stereocenters. The molecule has 0 amide bonds. The quantitative estimate of drug-likeness (QED) is 0.604. The van der Waals surface area contributed by atoms with E-state index < -0.39 is 11.8 Å². The number of methoxy groups -OCH3 is 1. The van der Waals surface area contributed by atoms with E-state index in [4.69, 9.17) is 9.84 Å². The number of ether oxygens (including phenoxy) is 1. The van der Waals surface area contributed by atoms with Gasteiger partial charge in [0.15, 0.2) is 0 Å². The smallest absolute Gasteiger partial charge is 0.378 e. The second kappa shape index (κ2) is 3.69. The van der Waals surface area contributed by atoms with Crippen molar-refractivity contribution in [2.45, 2.75) is 0 Å². The van der Waals surface area contributed by atoms with Crippen molar-refractivity contribution in [2.24, 2.45) is 0 Å². The molecule has 5 heteroatoms. The Kier molecular flexibility index (Phi) is 2.36. The second-order valence-corrected chi connectivity index (χ2v) is 3.27. The van der Waals surface area contributed by atoms with E-state index in [0.29, 0.717) is 11.3 Å². The minimum atomic E-state index is -1.47. The van der Waals surface area contributed by atoms with Gasteiger partial charge in [0.25, 0.3) is 5.78 Å². The highest BCUT2D eigenvalue weighted by Crippen LogP contribution is 2.21. The summed E-state index contributed by atoms with van der Waals surface area (Å²) in [4.78, 5) is 24.5. The van der Waals surface area contributed by atoms with E-state index >= 15 is 0 Å². The lowest BCUT2D eigenvalue weighted by Gasteiger charge is -1.97. The molecule has 0 fully saturated rings. The summed E-state index contributed by atoms with van der Waals surface area (Å²) in [7, 11) is 1.54. The van der Waals surface area contributed by atoms with Crippen LogP contribution in [0.1, 0.15) is 10.5 Å². The van der Waals surface area contributed by atoms with Gasteiger partial charge in [0.1, 0.15) is 5.75 Å². The molecule has 2 aromatic rings. The first kappa shape index (κ1) is 10.2. The topological polar surface area (TPSA) is 79.4 Å². The molecule has 1 aromatic carbocycles. The number of carboxylic acids is 1. The van der Waals surface area contributed by atoms with E-state index in [1.807, 2.05) is 0 Å². The summed E-state index contributed by atoms with van der Waals surface area (Å²) in [5, 5.41) is 9.31. The Bertz CT molecular complexity index is 570. The van der Waals surface area contributed by atoms with Gasteiger partial charge >= 0.3 is 5.97 Å². The predicted octanol–water partition coefficient (Wildman–Crippen LogP) is 1.44. The summed E-state index contributed by atoms with van der Waals surface area (Å²) in [6.45, 7) is 0. The van der Waals surface area contributed by atoms with Crippen LogP contribution in [0, 0.1) is 0 Å². The van der Waals surface area contributed by atoms with Crippen LogP contribution in [0.4, 0.5) is 0 Å². The summed E-state index contributed by atoms with van der Waals surface area (Å²) >= 11 is 0. The molecule has 0 unspecified atom stereocenters. The molecule has 0 saturated carbocycles. The summed E-state index contributed by atoms with van der Waals surface area (Å²) in [6.07, 6.45) is 0. The van der Waals surface area contributed by atoms with Crippen molar-refractivity contribution in [1.29, 1.82) is 0 Å². The number of carbonyl (C=O) groups excluding carboxylic acids is 1. The zero-order valence-corrected chi connectivity index (χ0v) is 8.48. The van der Waals surface area contributed by atoms with Crippen molar-refractivity contribution >= 4 is 22.7 Å².